The van der Waals surface area contributed by atoms with Crippen LogP contribution in [0.1, 0.15) is 15.9 Å². The maximum absolute atomic E-state index is 12.1. The second-order valence-electron chi connectivity index (χ2n) is 4.31. The lowest BCUT2D eigenvalue weighted by Gasteiger charge is -2.15. The molecular formula is C12H14BrNO3. The van der Waals surface area contributed by atoms with Crippen LogP contribution in [0, 0.1) is 6.92 Å². The molecule has 1 amide bonds. The monoisotopic (exact) mass is 299 g/mol. The molecule has 4 nitrogen and oxygen atoms in total. The van der Waals surface area contributed by atoms with Gasteiger partial charge in [-0.25, -0.2) is 0 Å². The summed E-state index contributed by atoms with van der Waals surface area (Å²) in [5, 5.41) is 18.8. The van der Waals surface area contributed by atoms with Crippen LogP contribution in [0.15, 0.2) is 22.7 Å². The summed E-state index contributed by atoms with van der Waals surface area (Å²) in [5.41, 5.74) is 1.56. The van der Waals surface area contributed by atoms with Gasteiger partial charge in [0.2, 0.25) is 0 Å². The Morgan fingerprint density at radius 2 is 1.94 bits per heavy atom. The van der Waals surface area contributed by atoms with E-state index in [4.69, 9.17) is 0 Å². The number of hydrogen-bond acceptors (Lipinski definition) is 3. The number of aliphatic hydroxyl groups excluding tert-OH is 2. The molecule has 0 aliphatic carbocycles. The molecule has 1 aromatic carbocycles. The molecule has 0 radical (unpaired) electrons. The van der Waals surface area contributed by atoms with E-state index in [1.807, 2.05) is 13.0 Å². The van der Waals surface area contributed by atoms with E-state index >= 15 is 0 Å². The van der Waals surface area contributed by atoms with Crippen LogP contribution in [0.25, 0.3) is 0 Å². The van der Waals surface area contributed by atoms with Crippen molar-refractivity contribution in [3.8, 4) is 0 Å². The molecule has 0 spiro atoms. The van der Waals surface area contributed by atoms with Crippen molar-refractivity contribution in [2.75, 3.05) is 13.1 Å². The lowest BCUT2D eigenvalue weighted by atomic mass is 10.1. The summed E-state index contributed by atoms with van der Waals surface area (Å²) in [7, 11) is 0. The smallest absolute Gasteiger partial charge is 0.254 e. The number of β-amino-alcohol motifs (C(OH)–C–C–N with tert-alkyl or cyclic N) is 2. The van der Waals surface area contributed by atoms with Crippen LogP contribution in [0.5, 0.6) is 0 Å². The largest absolute Gasteiger partial charge is 0.388 e. The zero-order chi connectivity index (χ0) is 12.6. The minimum atomic E-state index is -0.838. The minimum absolute atomic E-state index is 0.156. The van der Waals surface area contributed by atoms with Crippen molar-refractivity contribution in [3.63, 3.8) is 0 Å². The molecule has 2 N–H and O–H groups in total. The van der Waals surface area contributed by atoms with Crippen LogP contribution in [-0.2, 0) is 0 Å². The third-order valence-corrected chi connectivity index (χ3v) is 3.84. The van der Waals surface area contributed by atoms with Crippen molar-refractivity contribution in [1.29, 1.82) is 0 Å². The predicted octanol–water partition coefficient (Wildman–Crippen LogP) is 0.935. The fourth-order valence-corrected chi connectivity index (χ4v) is 2.14. The van der Waals surface area contributed by atoms with Gasteiger partial charge in [0.25, 0.3) is 5.91 Å². The van der Waals surface area contributed by atoms with E-state index < -0.39 is 12.2 Å². The number of likely N-dealkylation sites (tertiary alicyclic amines) is 1. The highest BCUT2D eigenvalue weighted by Gasteiger charge is 2.32. The van der Waals surface area contributed by atoms with Gasteiger partial charge in [0.05, 0.1) is 12.2 Å². The zero-order valence-corrected chi connectivity index (χ0v) is 11.0. The number of aliphatic hydroxyl groups is 2. The summed E-state index contributed by atoms with van der Waals surface area (Å²) < 4.78 is 0.954. The molecule has 1 saturated heterocycles. The summed E-state index contributed by atoms with van der Waals surface area (Å²) in [6.45, 7) is 2.29. The molecule has 17 heavy (non-hydrogen) atoms. The predicted molar refractivity (Wildman–Crippen MR) is 66.8 cm³/mol. The number of rotatable bonds is 1. The molecule has 1 fully saturated rings. The number of nitrogens with zero attached hydrogens (tertiary/aromatic N) is 1. The molecule has 92 valence electrons. The first-order chi connectivity index (χ1) is 7.99. The van der Waals surface area contributed by atoms with Crippen LogP contribution in [-0.4, -0.2) is 46.3 Å². The van der Waals surface area contributed by atoms with Gasteiger partial charge in [0.15, 0.2) is 0 Å². The fraction of sp³-hybridized carbons (Fsp3) is 0.417. The fourth-order valence-electron chi connectivity index (χ4n) is 1.90. The molecule has 1 heterocycles. The Hall–Kier alpha value is -0.910. The summed E-state index contributed by atoms with van der Waals surface area (Å²) in [4.78, 5) is 13.6. The Kier molecular flexibility index (Phi) is 3.51. The van der Waals surface area contributed by atoms with E-state index in [0.29, 0.717) is 5.56 Å². The number of benzene rings is 1. The third-order valence-electron chi connectivity index (χ3n) is 2.95. The maximum atomic E-state index is 12.1. The summed E-state index contributed by atoms with van der Waals surface area (Å²) in [5.74, 6) is -0.156. The zero-order valence-electron chi connectivity index (χ0n) is 9.43. The molecule has 0 saturated carbocycles. The van der Waals surface area contributed by atoms with Gasteiger partial charge >= 0.3 is 0 Å². The van der Waals surface area contributed by atoms with Crippen molar-refractivity contribution in [2.24, 2.45) is 0 Å². The van der Waals surface area contributed by atoms with Gasteiger partial charge in [-0.2, -0.15) is 0 Å². The van der Waals surface area contributed by atoms with E-state index in [0.717, 1.165) is 10.0 Å². The maximum Gasteiger partial charge on any atom is 0.254 e. The average molecular weight is 300 g/mol. The topological polar surface area (TPSA) is 60.8 Å². The van der Waals surface area contributed by atoms with Crippen LogP contribution >= 0.6 is 15.9 Å². The van der Waals surface area contributed by atoms with Gasteiger partial charge in [-0.3, -0.25) is 4.79 Å². The van der Waals surface area contributed by atoms with Crippen molar-refractivity contribution in [3.05, 3.63) is 33.8 Å². The van der Waals surface area contributed by atoms with Crippen molar-refractivity contribution in [2.45, 2.75) is 19.1 Å². The molecule has 5 heteroatoms. The highest BCUT2D eigenvalue weighted by Crippen LogP contribution is 2.20. The standard InChI is InChI=1S/C12H14BrNO3/c1-7-4-8(2-3-9(7)13)12(17)14-5-10(15)11(16)6-14/h2-4,10-11,15-16H,5-6H2,1H3/t10-,11+. The highest BCUT2D eigenvalue weighted by atomic mass is 79.9. The first kappa shape index (κ1) is 12.5. The number of hydrogen-bond donors (Lipinski definition) is 2. The Bertz CT molecular complexity index is 439. The minimum Gasteiger partial charge on any atom is -0.388 e. The Labute approximate surface area is 108 Å². The number of aryl methyl sites for hydroxylation is 1. The van der Waals surface area contributed by atoms with E-state index in [-0.39, 0.29) is 19.0 Å². The third kappa shape index (κ3) is 2.51. The molecule has 1 aliphatic rings. The molecule has 0 bridgehead atoms. The molecule has 1 aromatic rings. The van der Waals surface area contributed by atoms with E-state index in [1.165, 1.54) is 4.90 Å². The van der Waals surface area contributed by atoms with E-state index in [9.17, 15) is 15.0 Å². The highest BCUT2D eigenvalue weighted by molar-refractivity contribution is 9.10. The second-order valence-corrected chi connectivity index (χ2v) is 5.16. The molecule has 2 rings (SSSR count). The average Bonchev–Trinajstić information content (AvgIpc) is 2.62. The van der Waals surface area contributed by atoms with Crippen LogP contribution in [0.4, 0.5) is 0 Å². The van der Waals surface area contributed by atoms with Crippen LogP contribution in [0.2, 0.25) is 0 Å². The molecule has 1 aliphatic heterocycles. The number of carbonyl (C=O) groups excluding carboxylic acids is 1. The lowest BCUT2D eigenvalue weighted by molar-refractivity contribution is 0.0572. The summed E-state index contributed by atoms with van der Waals surface area (Å²) in [6, 6.07) is 5.35. The Morgan fingerprint density at radius 1 is 1.35 bits per heavy atom. The van der Waals surface area contributed by atoms with Gasteiger partial charge in [0, 0.05) is 23.1 Å². The SMILES string of the molecule is Cc1cc(C(=O)N2C[C@@H](O)[C@@H](O)C2)ccc1Br. The normalized spacial score (nSPS) is 24.1. The van der Waals surface area contributed by atoms with Crippen molar-refractivity contribution < 1.29 is 15.0 Å². The lowest BCUT2D eigenvalue weighted by Crippen LogP contribution is -2.29. The molecule has 0 unspecified atom stereocenters. The van der Waals surface area contributed by atoms with Crippen molar-refractivity contribution >= 4 is 21.8 Å². The molecule has 0 aromatic heterocycles. The van der Waals surface area contributed by atoms with Crippen molar-refractivity contribution in [1.82, 2.24) is 4.90 Å². The van der Waals surface area contributed by atoms with Gasteiger partial charge in [-0.15, -0.1) is 0 Å². The number of halogens is 1. The van der Waals surface area contributed by atoms with Gasteiger partial charge in [-0.1, -0.05) is 15.9 Å². The summed E-state index contributed by atoms with van der Waals surface area (Å²) in [6.07, 6.45) is -1.68. The van der Waals surface area contributed by atoms with Gasteiger partial charge in [0.1, 0.15) is 0 Å². The summed E-state index contributed by atoms with van der Waals surface area (Å²) >= 11 is 3.38. The molecular weight excluding hydrogens is 286 g/mol. The number of carbonyl (C=O) groups is 1. The van der Waals surface area contributed by atoms with Gasteiger partial charge in [-0.05, 0) is 30.7 Å². The first-order valence-electron chi connectivity index (χ1n) is 5.40. The van der Waals surface area contributed by atoms with Gasteiger partial charge < -0.3 is 15.1 Å². The van der Waals surface area contributed by atoms with Crippen LogP contribution in [0.3, 0.4) is 0 Å². The van der Waals surface area contributed by atoms with Crippen LogP contribution < -0.4 is 0 Å². The first-order valence-corrected chi connectivity index (χ1v) is 6.20. The molecule has 2 atom stereocenters. The quantitative estimate of drug-likeness (QED) is 0.811. The number of amides is 1. The second kappa shape index (κ2) is 4.76. The van der Waals surface area contributed by atoms with E-state index in [2.05, 4.69) is 15.9 Å². The van der Waals surface area contributed by atoms with E-state index in [1.54, 1.807) is 12.1 Å². The Morgan fingerprint density at radius 3 is 2.47 bits per heavy atom. The Balaban J connectivity index is 2.17.